The monoisotopic (exact) mass is 408 g/mol. The second-order valence-electron chi connectivity index (χ2n) is 5.90. The molecule has 2 N–H and O–H groups in total. The smallest absolute Gasteiger partial charge is 0.252 e. The average Bonchev–Trinajstić information content (AvgIpc) is 3.16. The first kappa shape index (κ1) is 21.4. The molecule has 8 heteroatoms. The SMILES string of the molecule is CCN(CC)S(=O)(=O)c1ccc(CCNC(=NC)NCc2ccccc2)s1. The molecule has 0 aliphatic heterocycles. The lowest BCUT2D eigenvalue weighted by molar-refractivity contribution is 0.447. The predicted molar refractivity (Wildman–Crippen MR) is 113 cm³/mol. The molecule has 27 heavy (non-hydrogen) atoms. The van der Waals surface area contributed by atoms with Crippen LogP contribution in [0.3, 0.4) is 0 Å². The highest BCUT2D eigenvalue weighted by Gasteiger charge is 2.23. The Hall–Kier alpha value is -1.90. The number of nitrogens with zero attached hydrogens (tertiary/aromatic N) is 2. The van der Waals surface area contributed by atoms with E-state index in [4.69, 9.17) is 0 Å². The zero-order valence-corrected chi connectivity index (χ0v) is 17.7. The van der Waals surface area contributed by atoms with Gasteiger partial charge in [0.2, 0.25) is 0 Å². The minimum Gasteiger partial charge on any atom is -0.356 e. The van der Waals surface area contributed by atoms with Gasteiger partial charge in [0, 0.05) is 38.1 Å². The van der Waals surface area contributed by atoms with Crippen molar-refractivity contribution in [1.82, 2.24) is 14.9 Å². The van der Waals surface area contributed by atoms with E-state index < -0.39 is 10.0 Å². The molecule has 1 aromatic heterocycles. The number of nitrogens with one attached hydrogen (secondary N) is 2. The second kappa shape index (κ2) is 10.4. The summed E-state index contributed by atoms with van der Waals surface area (Å²) < 4.78 is 27.0. The number of thiophene rings is 1. The zero-order chi connectivity index (χ0) is 19.7. The van der Waals surface area contributed by atoms with Gasteiger partial charge >= 0.3 is 0 Å². The normalized spacial score (nSPS) is 12.4. The van der Waals surface area contributed by atoms with Gasteiger partial charge in [0.05, 0.1) is 0 Å². The Kier molecular flexibility index (Phi) is 8.27. The van der Waals surface area contributed by atoms with E-state index in [0.29, 0.717) is 30.4 Å². The first-order valence-corrected chi connectivity index (χ1v) is 11.3. The Morgan fingerprint density at radius 2 is 1.78 bits per heavy atom. The molecule has 0 aliphatic rings. The number of rotatable bonds is 9. The molecule has 2 aromatic rings. The van der Waals surface area contributed by atoms with Crippen molar-refractivity contribution in [3.05, 3.63) is 52.9 Å². The summed E-state index contributed by atoms with van der Waals surface area (Å²) in [5.41, 5.74) is 1.19. The van der Waals surface area contributed by atoms with Crippen molar-refractivity contribution in [2.75, 3.05) is 26.7 Å². The molecule has 0 unspecified atom stereocenters. The summed E-state index contributed by atoms with van der Waals surface area (Å²) in [5.74, 6) is 0.728. The molecule has 1 aromatic carbocycles. The maximum absolute atomic E-state index is 12.5. The average molecular weight is 409 g/mol. The van der Waals surface area contributed by atoms with E-state index >= 15 is 0 Å². The van der Waals surface area contributed by atoms with Crippen LogP contribution in [-0.2, 0) is 23.0 Å². The summed E-state index contributed by atoms with van der Waals surface area (Å²) >= 11 is 1.34. The van der Waals surface area contributed by atoms with Crippen LogP contribution >= 0.6 is 11.3 Å². The van der Waals surface area contributed by atoms with Crippen molar-refractivity contribution >= 4 is 27.3 Å². The van der Waals surface area contributed by atoms with Crippen LogP contribution < -0.4 is 10.6 Å². The number of guanidine groups is 1. The molecule has 0 fully saturated rings. The molecule has 0 saturated heterocycles. The van der Waals surface area contributed by atoms with Crippen molar-refractivity contribution in [2.24, 2.45) is 4.99 Å². The Labute approximate surface area is 166 Å². The first-order valence-electron chi connectivity index (χ1n) is 9.08. The standard InChI is InChI=1S/C19H28N4O2S2/c1-4-23(5-2)27(24,25)18-12-11-17(26-18)13-14-21-19(20-3)22-15-16-9-7-6-8-10-16/h6-12H,4-5,13-15H2,1-3H3,(H2,20,21,22). The number of aliphatic imine (C=N–C) groups is 1. The Morgan fingerprint density at radius 3 is 2.41 bits per heavy atom. The minimum atomic E-state index is -3.37. The van der Waals surface area contributed by atoms with E-state index in [2.05, 4.69) is 27.8 Å². The van der Waals surface area contributed by atoms with Crippen LogP contribution in [0, 0.1) is 0 Å². The molecular weight excluding hydrogens is 380 g/mol. The van der Waals surface area contributed by atoms with Crippen molar-refractivity contribution in [2.45, 2.75) is 31.0 Å². The quantitative estimate of drug-likeness (QED) is 0.494. The van der Waals surface area contributed by atoms with Gasteiger partial charge in [-0.05, 0) is 24.1 Å². The fraction of sp³-hybridized carbons (Fsp3) is 0.421. The van der Waals surface area contributed by atoms with Gasteiger partial charge in [0.15, 0.2) is 5.96 Å². The molecule has 148 valence electrons. The fourth-order valence-corrected chi connectivity index (χ4v) is 5.60. The number of hydrogen-bond acceptors (Lipinski definition) is 4. The van der Waals surface area contributed by atoms with Crippen LogP contribution in [0.25, 0.3) is 0 Å². The van der Waals surface area contributed by atoms with E-state index in [1.165, 1.54) is 21.2 Å². The van der Waals surface area contributed by atoms with Crippen LogP contribution in [0.1, 0.15) is 24.3 Å². The molecule has 0 aliphatic carbocycles. The first-order chi connectivity index (χ1) is 13.0. The summed E-state index contributed by atoms with van der Waals surface area (Å²) in [6.45, 7) is 6.06. The van der Waals surface area contributed by atoms with E-state index in [0.717, 1.165) is 17.3 Å². The lowest BCUT2D eigenvalue weighted by atomic mass is 10.2. The third-order valence-electron chi connectivity index (χ3n) is 4.13. The maximum atomic E-state index is 12.5. The highest BCUT2D eigenvalue weighted by molar-refractivity contribution is 7.91. The summed E-state index contributed by atoms with van der Waals surface area (Å²) in [5, 5.41) is 6.54. The molecule has 1 heterocycles. The Bertz CT molecular complexity index is 828. The van der Waals surface area contributed by atoms with Gasteiger partial charge in [-0.1, -0.05) is 44.2 Å². The third-order valence-corrected chi connectivity index (χ3v) is 7.79. The molecule has 6 nitrogen and oxygen atoms in total. The fourth-order valence-electron chi connectivity index (χ4n) is 2.63. The summed E-state index contributed by atoms with van der Waals surface area (Å²) in [6.07, 6.45) is 0.741. The molecule has 0 amide bonds. The minimum absolute atomic E-state index is 0.410. The molecule has 0 radical (unpaired) electrons. The number of sulfonamides is 1. The highest BCUT2D eigenvalue weighted by atomic mass is 32.2. The van der Waals surface area contributed by atoms with Gasteiger partial charge in [0.25, 0.3) is 10.0 Å². The molecule has 0 saturated carbocycles. The van der Waals surface area contributed by atoms with Gasteiger partial charge < -0.3 is 10.6 Å². The van der Waals surface area contributed by atoms with Crippen LogP contribution in [0.15, 0.2) is 51.7 Å². The molecular formula is C19H28N4O2S2. The van der Waals surface area contributed by atoms with Crippen molar-refractivity contribution in [1.29, 1.82) is 0 Å². The molecule has 0 atom stereocenters. The van der Waals surface area contributed by atoms with E-state index in [9.17, 15) is 8.42 Å². The van der Waals surface area contributed by atoms with E-state index in [1.807, 2.05) is 38.1 Å². The predicted octanol–water partition coefficient (Wildman–Crippen LogP) is 2.69. The van der Waals surface area contributed by atoms with Gasteiger partial charge in [-0.25, -0.2) is 8.42 Å². The Balaban J connectivity index is 1.85. The summed E-state index contributed by atoms with van der Waals surface area (Å²) in [7, 11) is -1.63. The maximum Gasteiger partial charge on any atom is 0.252 e. The topological polar surface area (TPSA) is 73.8 Å². The van der Waals surface area contributed by atoms with Crippen molar-refractivity contribution in [3.63, 3.8) is 0 Å². The molecule has 2 rings (SSSR count). The second-order valence-corrected chi connectivity index (χ2v) is 9.23. The lowest BCUT2D eigenvalue weighted by Gasteiger charge is -2.16. The van der Waals surface area contributed by atoms with E-state index in [1.54, 1.807) is 13.1 Å². The van der Waals surface area contributed by atoms with Crippen molar-refractivity contribution < 1.29 is 8.42 Å². The van der Waals surface area contributed by atoms with Gasteiger partial charge in [-0.15, -0.1) is 11.3 Å². The molecule has 0 spiro atoms. The van der Waals surface area contributed by atoms with Crippen LogP contribution in [0.5, 0.6) is 0 Å². The number of benzene rings is 1. The number of hydrogen-bond donors (Lipinski definition) is 2. The lowest BCUT2D eigenvalue weighted by Crippen LogP contribution is -2.37. The van der Waals surface area contributed by atoms with Crippen LogP contribution in [0.4, 0.5) is 0 Å². The van der Waals surface area contributed by atoms with Crippen LogP contribution in [-0.4, -0.2) is 45.4 Å². The molecule has 0 bridgehead atoms. The zero-order valence-electron chi connectivity index (χ0n) is 16.1. The van der Waals surface area contributed by atoms with Crippen LogP contribution in [0.2, 0.25) is 0 Å². The van der Waals surface area contributed by atoms with Crippen molar-refractivity contribution in [3.8, 4) is 0 Å². The summed E-state index contributed by atoms with van der Waals surface area (Å²) in [4.78, 5) is 5.25. The van der Waals surface area contributed by atoms with E-state index in [-0.39, 0.29) is 0 Å². The largest absolute Gasteiger partial charge is 0.356 e. The van der Waals surface area contributed by atoms with Gasteiger partial charge in [-0.2, -0.15) is 4.31 Å². The third kappa shape index (κ3) is 6.05. The Morgan fingerprint density at radius 1 is 1.07 bits per heavy atom. The highest BCUT2D eigenvalue weighted by Crippen LogP contribution is 2.25. The van der Waals surface area contributed by atoms with Gasteiger partial charge in [-0.3, -0.25) is 4.99 Å². The summed E-state index contributed by atoms with van der Waals surface area (Å²) in [6, 6.07) is 13.7. The van der Waals surface area contributed by atoms with Gasteiger partial charge in [0.1, 0.15) is 4.21 Å².